The van der Waals surface area contributed by atoms with Crippen LogP contribution in [0, 0.1) is 0 Å². The van der Waals surface area contributed by atoms with E-state index in [2.05, 4.69) is 92.1 Å². The third-order valence-electron chi connectivity index (χ3n) is 19.5. The molecule has 98 heavy (non-hydrogen) atoms. The molecular formula is C84H151NO13. The van der Waals surface area contributed by atoms with E-state index in [0.717, 1.165) is 70.6 Å². The molecule has 12 unspecified atom stereocenters. The molecular weight excluding hydrogens is 1230 g/mol. The molecule has 0 radical (unpaired) electrons. The SMILES string of the molecule is CC/C=C\C/C=C\C/C=C\C/C=C\CCCCCCCCCCCCCCCCCCCCCCCCCCCCC(=O)NC(COC1OC(CO)C(OC2OC(CO)C(O)C(O)C2O)C(O)C1O)C(O)/C=C/CC/C=C/CC/C=C/CCCCCCCCCCCCCCCCC. The number of nitrogens with one attached hydrogen (secondary N) is 1. The summed E-state index contributed by atoms with van der Waals surface area (Å²) in [4.78, 5) is 13.4. The standard InChI is InChI=1S/C84H151NO13/c1-3-5-7-9-11-13-15-17-19-21-23-25-27-29-30-31-32-33-34-35-36-37-38-39-40-41-42-44-46-48-50-52-54-56-58-60-62-64-66-68-76(89)85-72(71-95-83-81(94)79(92)82(75(70-87)97-83)98-84-80(93)78(91)77(90)74(69-86)96-84)73(88)67-65-63-61-59-57-55-53-51-49-47-45-43-28-26-24-22-20-18-16-14-12-10-8-6-4-2/h5,7,11,13,17,19,23,25,49,51,57,59,65,67,72-75,77-84,86-88,90-94H,3-4,6,8-10,12,14-16,18,20-22,24,26-48,50,52-56,58,60-64,66,68-71H2,1-2H3,(H,85,89)/b7-5-,13-11-,19-17-,25-23-,51-49+,59-57+,67-65+. The van der Waals surface area contributed by atoms with E-state index in [4.69, 9.17) is 18.9 Å². The third-order valence-corrected chi connectivity index (χ3v) is 19.5. The second-order valence-corrected chi connectivity index (χ2v) is 28.5. The summed E-state index contributed by atoms with van der Waals surface area (Å²) >= 11 is 0. The highest BCUT2D eigenvalue weighted by molar-refractivity contribution is 5.76. The van der Waals surface area contributed by atoms with Crippen LogP contribution in [0.3, 0.4) is 0 Å². The van der Waals surface area contributed by atoms with E-state index < -0.39 is 86.8 Å². The van der Waals surface area contributed by atoms with Gasteiger partial charge in [0, 0.05) is 6.42 Å². The van der Waals surface area contributed by atoms with Crippen molar-refractivity contribution in [3.8, 4) is 0 Å². The Bertz CT molecular complexity index is 1970. The van der Waals surface area contributed by atoms with E-state index in [1.165, 1.54) is 244 Å². The zero-order chi connectivity index (χ0) is 70.8. The number of carbonyl (C=O) groups excluding carboxylic acids is 1. The number of ether oxygens (including phenoxy) is 4. The lowest BCUT2D eigenvalue weighted by atomic mass is 9.97. The lowest BCUT2D eigenvalue weighted by Gasteiger charge is -2.46. The normalized spacial score (nSPS) is 22.5. The number of hydrogen-bond donors (Lipinski definition) is 9. The van der Waals surface area contributed by atoms with Crippen molar-refractivity contribution >= 4 is 5.91 Å². The molecule has 14 nitrogen and oxygen atoms in total. The highest BCUT2D eigenvalue weighted by Crippen LogP contribution is 2.30. The zero-order valence-electron chi connectivity index (χ0n) is 62.5. The third kappa shape index (κ3) is 49.7. The summed E-state index contributed by atoms with van der Waals surface area (Å²) in [5.41, 5.74) is 0. The zero-order valence-corrected chi connectivity index (χ0v) is 62.5. The van der Waals surface area contributed by atoms with Crippen molar-refractivity contribution in [3.05, 3.63) is 85.1 Å². The molecule has 2 heterocycles. The van der Waals surface area contributed by atoms with Crippen molar-refractivity contribution in [2.75, 3.05) is 19.8 Å². The molecule has 2 aliphatic rings. The average Bonchev–Trinajstić information content (AvgIpc) is 0.793. The second kappa shape index (κ2) is 67.4. The molecule has 2 fully saturated rings. The van der Waals surface area contributed by atoms with E-state index in [9.17, 15) is 45.6 Å². The summed E-state index contributed by atoms with van der Waals surface area (Å²) in [6.07, 6.45) is 78.2. The summed E-state index contributed by atoms with van der Waals surface area (Å²) in [6.45, 7) is 2.71. The number of carbonyl (C=O) groups is 1. The van der Waals surface area contributed by atoms with Crippen LogP contribution in [0.15, 0.2) is 85.1 Å². The Morgan fingerprint density at radius 2 is 0.714 bits per heavy atom. The molecule has 0 saturated carbocycles. The van der Waals surface area contributed by atoms with Crippen molar-refractivity contribution in [2.24, 2.45) is 0 Å². The van der Waals surface area contributed by atoms with Gasteiger partial charge in [-0.2, -0.15) is 0 Å². The first kappa shape index (κ1) is 91.3. The molecule has 570 valence electrons. The summed E-state index contributed by atoms with van der Waals surface area (Å²) in [7, 11) is 0. The van der Waals surface area contributed by atoms with Gasteiger partial charge in [0.15, 0.2) is 12.6 Å². The van der Waals surface area contributed by atoms with E-state index in [1.54, 1.807) is 6.08 Å². The number of amides is 1. The number of hydrogen-bond acceptors (Lipinski definition) is 13. The molecule has 0 aromatic heterocycles. The highest BCUT2D eigenvalue weighted by Gasteiger charge is 2.51. The van der Waals surface area contributed by atoms with Crippen LogP contribution in [-0.4, -0.2) is 140 Å². The van der Waals surface area contributed by atoms with Gasteiger partial charge in [0.1, 0.15) is 48.8 Å². The van der Waals surface area contributed by atoms with Crippen LogP contribution in [-0.2, 0) is 23.7 Å². The minimum atomic E-state index is -1.80. The van der Waals surface area contributed by atoms with Crippen molar-refractivity contribution < 1.29 is 64.6 Å². The summed E-state index contributed by atoms with van der Waals surface area (Å²) in [5.74, 6) is -0.248. The lowest BCUT2D eigenvalue weighted by Crippen LogP contribution is -2.65. The van der Waals surface area contributed by atoms with Crippen molar-refractivity contribution in [1.29, 1.82) is 0 Å². The van der Waals surface area contributed by atoms with E-state index in [1.807, 2.05) is 6.08 Å². The van der Waals surface area contributed by atoms with E-state index in [0.29, 0.717) is 12.8 Å². The van der Waals surface area contributed by atoms with Gasteiger partial charge in [-0.15, -0.1) is 0 Å². The van der Waals surface area contributed by atoms with Gasteiger partial charge in [-0.3, -0.25) is 4.79 Å². The van der Waals surface area contributed by atoms with Gasteiger partial charge in [-0.05, 0) is 83.5 Å². The van der Waals surface area contributed by atoms with Crippen LogP contribution in [0.5, 0.6) is 0 Å². The number of aliphatic hydroxyl groups is 8. The van der Waals surface area contributed by atoms with Crippen molar-refractivity contribution in [1.82, 2.24) is 5.32 Å². The number of rotatable bonds is 68. The first-order valence-corrected chi connectivity index (χ1v) is 40.8. The van der Waals surface area contributed by atoms with Crippen molar-refractivity contribution in [2.45, 2.75) is 421 Å². The van der Waals surface area contributed by atoms with Gasteiger partial charge < -0.3 is 65.1 Å². The Balaban J connectivity index is 1.59. The van der Waals surface area contributed by atoms with Crippen LogP contribution in [0.25, 0.3) is 0 Å². The Labute approximate surface area is 599 Å². The first-order valence-electron chi connectivity index (χ1n) is 40.8. The molecule has 1 amide bonds. The van der Waals surface area contributed by atoms with Gasteiger partial charge in [-0.25, -0.2) is 0 Å². The maximum Gasteiger partial charge on any atom is 0.220 e. The fourth-order valence-electron chi connectivity index (χ4n) is 13.1. The molecule has 0 aliphatic carbocycles. The van der Waals surface area contributed by atoms with Crippen LogP contribution in [0.4, 0.5) is 0 Å². The van der Waals surface area contributed by atoms with Crippen LogP contribution in [0.1, 0.15) is 348 Å². The fourth-order valence-corrected chi connectivity index (χ4v) is 13.1. The number of aliphatic hydroxyl groups excluding tert-OH is 8. The highest BCUT2D eigenvalue weighted by atomic mass is 16.7. The molecule has 14 heteroatoms. The topological polar surface area (TPSA) is 228 Å². The maximum atomic E-state index is 13.4. The quantitative estimate of drug-likeness (QED) is 0.0204. The summed E-state index contributed by atoms with van der Waals surface area (Å²) < 4.78 is 22.9. The van der Waals surface area contributed by atoms with Crippen LogP contribution < -0.4 is 5.32 Å². The molecule has 2 rings (SSSR count). The van der Waals surface area contributed by atoms with E-state index >= 15 is 0 Å². The molecule has 2 saturated heterocycles. The maximum absolute atomic E-state index is 13.4. The minimum Gasteiger partial charge on any atom is -0.394 e. The van der Waals surface area contributed by atoms with Gasteiger partial charge in [0.2, 0.25) is 5.91 Å². The fraction of sp³-hybridized carbons (Fsp3) is 0.821. The number of unbranched alkanes of at least 4 members (excludes halogenated alkanes) is 43. The second-order valence-electron chi connectivity index (χ2n) is 28.5. The lowest BCUT2D eigenvalue weighted by molar-refractivity contribution is -0.359. The molecule has 0 bridgehead atoms. The van der Waals surface area contributed by atoms with Gasteiger partial charge in [-0.1, -0.05) is 343 Å². The van der Waals surface area contributed by atoms with Crippen molar-refractivity contribution in [3.63, 3.8) is 0 Å². The van der Waals surface area contributed by atoms with Crippen LogP contribution in [0.2, 0.25) is 0 Å². The molecule has 0 aromatic carbocycles. The monoisotopic (exact) mass is 1380 g/mol. The minimum absolute atomic E-state index is 0.248. The molecule has 0 aromatic rings. The predicted molar refractivity (Wildman–Crippen MR) is 406 cm³/mol. The summed E-state index contributed by atoms with van der Waals surface area (Å²) in [5, 5.41) is 87.6. The first-order chi connectivity index (χ1) is 48.1. The van der Waals surface area contributed by atoms with E-state index in [-0.39, 0.29) is 18.9 Å². The Hall–Kier alpha value is -2.83. The Morgan fingerprint density at radius 3 is 1.12 bits per heavy atom. The molecule has 2 aliphatic heterocycles. The largest absolute Gasteiger partial charge is 0.394 e. The average molecular weight is 1380 g/mol. The summed E-state index contributed by atoms with van der Waals surface area (Å²) in [6, 6.07) is -0.941. The van der Waals surface area contributed by atoms with Crippen LogP contribution >= 0.6 is 0 Å². The smallest absolute Gasteiger partial charge is 0.220 e. The molecule has 0 spiro atoms. The Kier molecular flexibility index (Phi) is 62.7. The van der Waals surface area contributed by atoms with Gasteiger partial charge in [0.05, 0.1) is 32.0 Å². The number of allylic oxidation sites excluding steroid dienone is 13. The molecule has 12 atom stereocenters. The Morgan fingerprint density at radius 1 is 0.378 bits per heavy atom. The van der Waals surface area contributed by atoms with Gasteiger partial charge >= 0.3 is 0 Å². The van der Waals surface area contributed by atoms with Gasteiger partial charge in [0.25, 0.3) is 0 Å². The predicted octanol–water partition coefficient (Wildman–Crippen LogP) is 18.7. The molecule has 9 N–H and O–H groups in total.